The summed E-state index contributed by atoms with van der Waals surface area (Å²) in [5.41, 5.74) is 2.82. The number of piperidine rings is 1. The first-order chi connectivity index (χ1) is 9.11. The molecule has 0 bridgehead atoms. The molecule has 104 valence electrons. The first-order valence-electron chi connectivity index (χ1n) is 7.63. The van der Waals surface area contributed by atoms with Gasteiger partial charge in [0.25, 0.3) is 0 Å². The van der Waals surface area contributed by atoms with Crippen molar-refractivity contribution in [1.82, 2.24) is 4.90 Å². The van der Waals surface area contributed by atoms with Crippen LogP contribution in [-0.4, -0.2) is 29.6 Å². The van der Waals surface area contributed by atoms with Gasteiger partial charge in [0.1, 0.15) is 5.75 Å². The zero-order valence-electron chi connectivity index (χ0n) is 12.3. The zero-order valence-corrected chi connectivity index (χ0v) is 12.3. The predicted octanol–water partition coefficient (Wildman–Crippen LogP) is 3.40. The minimum Gasteiger partial charge on any atom is -0.508 e. The van der Waals surface area contributed by atoms with E-state index in [0.29, 0.717) is 17.7 Å². The standard InChI is InChI=1S/C17H25NO/c1-4-12-7-8-18(3)16-9-13-5-6-14(19)10-15(13)11(2)17(12)16/h5-6,10-12,16-17,19H,4,7-9H2,1-3H3/t11-,12+,16+,17+/m0/s1. The molecule has 2 heteroatoms. The van der Waals surface area contributed by atoms with Gasteiger partial charge in [-0.3, -0.25) is 0 Å². The molecule has 1 aromatic rings. The first kappa shape index (κ1) is 13.0. The van der Waals surface area contributed by atoms with E-state index < -0.39 is 0 Å². The summed E-state index contributed by atoms with van der Waals surface area (Å²) in [6, 6.07) is 6.65. The Morgan fingerprint density at radius 2 is 2.16 bits per heavy atom. The van der Waals surface area contributed by atoms with Gasteiger partial charge < -0.3 is 10.0 Å². The van der Waals surface area contributed by atoms with Gasteiger partial charge in [-0.25, -0.2) is 0 Å². The number of likely N-dealkylation sites (N-methyl/N-ethyl adjacent to an activating group) is 1. The number of benzene rings is 1. The van der Waals surface area contributed by atoms with Crippen LogP contribution >= 0.6 is 0 Å². The molecular weight excluding hydrogens is 234 g/mol. The Labute approximate surface area is 116 Å². The summed E-state index contributed by atoms with van der Waals surface area (Å²) in [5.74, 6) is 2.57. The Bertz CT molecular complexity index is 470. The van der Waals surface area contributed by atoms with Gasteiger partial charge >= 0.3 is 0 Å². The average Bonchev–Trinajstić information content (AvgIpc) is 2.41. The van der Waals surface area contributed by atoms with Crippen LogP contribution in [0.2, 0.25) is 0 Å². The van der Waals surface area contributed by atoms with Gasteiger partial charge in [-0.1, -0.05) is 26.3 Å². The second kappa shape index (κ2) is 4.82. The number of phenolic OH excluding ortho intramolecular Hbond substituents is 1. The molecule has 1 heterocycles. The summed E-state index contributed by atoms with van der Waals surface area (Å²) in [5, 5.41) is 9.77. The second-order valence-electron chi connectivity index (χ2n) is 6.46. The summed E-state index contributed by atoms with van der Waals surface area (Å²) in [6.07, 6.45) is 3.76. The minimum atomic E-state index is 0.418. The molecule has 2 nitrogen and oxygen atoms in total. The quantitative estimate of drug-likeness (QED) is 0.835. The van der Waals surface area contributed by atoms with Crippen LogP contribution in [0.5, 0.6) is 5.75 Å². The molecule has 3 rings (SSSR count). The van der Waals surface area contributed by atoms with Crippen molar-refractivity contribution >= 4 is 0 Å². The van der Waals surface area contributed by atoms with E-state index in [0.717, 1.165) is 18.3 Å². The Morgan fingerprint density at radius 3 is 2.89 bits per heavy atom. The van der Waals surface area contributed by atoms with E-state index >= 15 is 0 Å². The topological polar surface area (TPSA) is 23.5 Å². The van der Waals surface area contributed by atoms with Crippen molar-refractivity contribution in [3.8, 4) is 5.75 Å². The summed E-state index contributed by atoms with van der Waals surface area (Å²) < 4.78 is 0. The van der Waals surface area contributed by atoms with Gasteiger partial charge in [-0.05, 0) is 67.4 Å². The molecule has 1 N–H and O–H groups in total. The van der Waals surface area contributed by atoms with Gasteiger partial charge in [0.15, 0.2) is 0 Å². The number of nitrogens with zero attached hydrogens (tertiary/aromatic N) is 1. The number of likely N-dealkylation sites (tertiary alicyclic amines) is 1. The molecule has 2 aliphatic rings. The number of fused-ring (bicyclic) bond motifs is 2. The highest BCUT2D eigenvalue weighted by Gasteiger charge is 2.42. The molecule has 19 heavy (non-hydrogen) atoms. The van der Waals surface area contributed by atoms with E-state index in [2.05, 4.69) is 31.9 Å². The van der Waals surface area contributed by atoms with E-state index in [1.165, 1.54) is 30.5 Å². The largest absolute Gasteiger partial charge is 0.508 e. The van der Waals surface area contributed by atoms with Crippen LogP contribution in [0.4, 0.5) is 0 Å². The molecule has 4 atom stereocenters. The fraction of sp³-hybridized carbons (Fsp3) is 0.647. The highest BCUT2D eigenvalue weighted by atomic mass is 16.3. The van der Waals surface area contributed by atoms with Crippen LogP contribution in [0.1, 0.15) is 43.7 Å². The van der Waals surface area contributed by atoms with Crippen molar-refractivity contribution in [1.29, 1.82) is 0 Å². The van der Waals surface area contributed by atoms with E-state index in [4.69, 9.17) is 0 Å². The third-order valence-electron chi connectivity index (χ3n) is 5.56. The third kappa shape index (κ3) is 2.06. The van der Waals surface area contributed by atoms with Crippen LogP contribution in [-0.2, 0) is 6.42 Å². The predicted molar refractivity (Wildman–Crippen MR) is 78.5 cm³/mol. The fourth-order valence-corrected chi connectivity index (χ4v) is 4.47. The van der Waals surface area contributed by atoms with Crippen LogP contribution in [0.3, 0.4) is 0 Å². The smallest absolute Gasteiger partial charge is 0.115 e. The second-order valence-corrected chi connectivity index (χ2v) is 6.46. The summed E-state index contributed by atoms with van der Waals surface area (Å²) in [7, 11) is 2.28. The van der Waals surface area contributed by atoms with E-state index in [1.807, 2.05) is 12.1 Å². The SMILES string of the molecule is CC[C@@H]1CCN(C)[C@@H]2Cc3ccc(O)cc3[C@H](C)[C@H]12. The summed E-state index contributed by atoms with van der Waals surface area (Å²) >= 11 is 0. The maximum Gasteiger partial charge on any atom is 0.115 e. The Hall–Kier alpha value is -1.02. The highest BCUT2D eigenvalue weighted by molar-refractivity contribution is 5.40. The number of aromatic hydroxyl groups is 1. The molecule has 0 spiro atoms. The van der Waals surface area contributed by atoms with Crippen LogP contribution in [0, 0.1) is 11.8 Å². The average molecular weight is 259 g/mol. The first-order valence-corrected chi connectivity index (χ1v) is 7.63. The Balaban J connectivity index is 2.02. The van der Waals surface area contributed by atoms with E-state index in [-0.39, 0.29) is 0 Å². The van der Waals surface area contributed by atoms with Gasteiger partial charge in [0.05, 0.1) is 0 Å². The lowest BCUT2D eigenvalue weighted by Gasteiger charge is -2.50. The number of rotatable bonds is 1. The normalized spacial score (nSPS) is 34.7. The molecule has 0 radical (unpaired) electrons. The lowest BCUT2D eigenvalue weighted by molar-refractivity contribution is 0.0447. The minimum absolute atomic E-state index is 0.418. The molecule has 0 saturated carbocycles. The Kier molecular flexibility index (Phi) is 3.30. The van der Waals surface area contributed by atoms with E-state index in [9.17, 15) is 5.11 Å². The van der Waals surface area contributed by atoms with Crippen molar-refractivity contribution in [2.75, 3.05) is 13.6 Å². The van der Waals surface area contributed by atoms with Crippen LogP contribution < -0.4 is 0 Å². The van der Waals surface area contributed by atoms with Crippen LogP contribution in [0.15, 0.2) is 18.2 Å². The molecule has 1 aliphatic heterocycles. The van der Waals surface area contributed by atoms with Gasteiger partial charge in [0, 0.05) is 6.04 Å². The highest BCUT2D eigenvalue weighted by Crippen LogP contribution is 2.46. The maximum atomic E-state index is 9.77. The van der Waals surface area contributed by atoms with Crippen molar-refractivity contribution < 1.29 is 5.11 Å². The third-order valence-corrected chi connectivity index (χ3v) is 5.56. The molecular formula is C17H25NO. The van der Waals surface area contributed by atoms with Gasteiger partial charge in [-0.15, -0.1) is 0 Å². The van der Waals surface area contributed by atoms with Crippen molar-refractivity contribution in [2.45, 2.75) is 45.1 Å². The lowest BCUT2D eigenvalue weighted by Crippen LogP contribution is -2.52. The Morgan fingerprint density at radius 1 is 1.37 bits per heavy atom. The summed E-state index contributed by atoms with van der Waals surface area (Å²) in [4.78, 5) is 2.56. The molecule has 0 aromatic heterocycles. The van der Waals surface area contributed by atoms with Crippen molar-refractivity contribution in [3.63, 3.8) is 0 Å². The molecule has 1 saturated heterocycles. The van der Waals surface area contributed by atoms with Crippen molar-refractivity contribution in [3.05, 3.63) is 29.3 Å². The number of hydrogen-bond donors (Lipinski definition) is 1. The lowest BCUT2D eigenvalue weighted by atomic mass is 9.64. The maximum absolute atomic E-state index is 9.77. The summed E-state index contributed by atoms with van der Waals surface area (Å²) in [6.45, 7) is 5.93. The van der Waals surface area contributed by atoms with Crippen LogP contribution in [0.25, 0.3) is 0 Å². The number of phenols is 1. The molecule has 0 unspecified atom stereocenters. The van der Waals surface area contributed by atoms with Crippen molar-refractivity contribution in [2.24, 2.45) is 11.8 Å². The van der Waals surface area contributed by atoms with Gasteiger partial charge in [0.2, 0.25) is 0 Å². The van der Waals surface area contributed by atoms with E-state index in [1.54, 1.807) is 0 Å². The molecule has 1 aromatic carbocycles. The molecule has 1 aliphatic carbocycles. The molecule has 1 fully saturated rings. The zero-order chi connectivity index (χ0) is 13.6. The fourth-order valence-electron chi connectivity index (χ4n) is 4.47. The monoisotopic (exact) mass is 259 g/mol. The molecule has 0 amide bonds. The number of hydrogen-bond acceptors (Lipinski definition) is 2. The van der Waals surface area contributed by atoms with Gasteiger partial charge in [-0.2, -0.15) is 0 Å².